The van der Waals surface area contributed by atoms with Gasteiger partial charge < -0.3 is 15.4 Å². The van der Waals surface area contributed by atoms with Crippen molar-refractivity contribution < 1.29 is 9.53 Å². The molecular weight excluding hydrogens is 264 g/mol. The van der Waals surface area contributed by atoms with Crippen molar-refractivity contribution in [3.63, 3.8) is 0 Å². The first-order valence-corrected chi connectivity index (χ1v) is 7.87. The number of carbonyl (C=O) groups excluding carboxylic acids is 1. The van der Waals surface area contributed by atoms with Crippen molar-refractivity contribution in [2.45, 2.75) is 45.1 Å². The van der Waals surface area contributed by atoms with E-state index in [1.807, 2.05) is 18.2 Å². The van der Waals surface area contributed by atoms with Crippen molar-refractivity contribution in [1.82, 2.24) is 5.32 Å². The van der Waals surface area contributed by atoms with E-state index in [4.69, 9.17) is 4.74 Å². The Kier molecular flexibility index (Phi) is 6.21. The fraction of sp³-hybridized carbons (Fsp3) is 0.588. The van der Waals surface area contributed by atoms with E-state index in [-0.39, 0.29) is 5.91 Å². The molecule has 1 aromatic rings. The van der Waals surface area contributed by atoms with Gasteiger partial charge in [-0.2, -0.15) is 0 Å². The van der Waals surface area contributed by atoms with Crippen LogP contribution in [0.15, 0.2) is 24.3 Å². The highest BCUT2D eigenvalue weighted by Gasteiger charge is 2.13. The first-order chi connectivity index (χ1) is 10.1. The maximum Gasteiger partial charge on any atom is 0.226 e. The maximum absolute atomic E-state index is 11.9. The zero-order chi connectivity index (χ0) is 15.1. The summed E-state index contributed by atoms with van der Waals surface area (Å²) in [6, 6.07) is 8.03. The monoisotopic (exact) mass is 290 g/mol. The van der Waals surface area contributed by atoms with Crippen LogP contribution in [0, 0.1) is 0 Å². The molecule has 0 bridgehead atoms. The smallest absolute Gasteiger partial charge is 0.226 e. The second-order valence-corrected chi connectivity index (χ2v) is 5.90. The van der Waals surface area contributed by atoms with Crippen LogP contribution < -0.4 is 10.6 Å². The topological polar surface area (TPSA) is 50.4 Å². The molecule has 0 saturated carbocycles. The van der Waals surface area contributed by atoms with Gasteiger partial charge in [0.1, 0.15) is 0 Å². The second kappa shape index (κ2) is 8.15. The summed E-state index contributed by atoms with van der Waals surface area (Å²) >= 11 is 0. The molecule has 1 aliphatic rings. The summed E-state index contributed by atoms with van der Waals surface area (Å²) in [5, 5.41) is 6.25. The number of benzene rings is 1. The Hall–Kier alpha value is -1.39. The van der Waals surface area contributed by atoms with E-state index in [9.17, 15) is 4.79 Å². The summed E-state index contributed by atoms with van der Waals surface area (Å²) in [6.45, 7) is 6.82. The molecule has 1 aliphatic heterocycles. The van der Waals surface area contributed by atoms with Gasteiger partial charge in [0.2, 0.25) is 5.91 Å². The van der Waals surface area contributed by atoms with E-state index >= 15 is 0 Å². The van der Waals surface area contributed by atoms with E-state index in [0.29, 0.717) is 25.0 Å². The molecule has 1 amide bonds. The Labute approximate surface area is 127 Å². The number of hydrogen-bond donors (Lipinski definition) is 2. The maximum atomic E-state index is 11.9. The number of ether oxygens (including phenoxy) is 1. The van der Waals surface area contributed by atoms with Crippen LogP contribution in [0.2, 0.25) is 0 Å². The van der Waals surface area contributed by atoms with Crippen LogP contribution in [0.3, 0.4) is 0 Å². The lowest BCUT2D eigenvalue weighted by atomic mass is 10.0. The van der Waals surface area contributed by atoms with Crippen molar-refractivity contribution in [1.29, 1.82) is 0 Å². The zero-order valence-corrected chi connectivity index (χ0v) is 13.0. The van der Waals surface area contributed by atoms with Crippen molar-refractivity contribution >= 4 is 11.6 Å². The number of nitrogens with one attached hydrogen (secondary N) is 2. The first kappa shape index (κ1) is 16.0. The van der Waals surface area contributed by atoms with Crippen molar-refractivity contribution in [3.8, 4) is 0 Å². The normalized spacial score (nSPS) is 16.1. The van der Waals surface area contributed by atoms with Gasteiger partial charge in [0, 0.05) is 5.69 Å². The molecule has 1 fully saturated rings. The number of anilines is 1. The van der Waals surface area contributed by atoms with E-state index in [1.54, 1.807) is 0 Å². The first-order valence-electron chi connectivity index (χ1n) is 7.87. The van der Waals surface area contributed by atoms with E-state index in [1.165, 1.54) is 5.56 Å². The van der Waals surface area contributed by atoms with Gasteiger partial charge in [-0.3, -0.25) is 4.79 Å². The number of hydrogen-bond acceptors (Lipinski definition) is 3. The summed E-state index contributed by atoms with van der Waals surface area (Å²) in [5.41, 5.74) is 2.10. The number of carbonyl (C=O) groups is 1. The van der Waals surface area contributed by atoms with Gasteiger partial charge in [-0.15, -0.1) is 0 Å². The lowest BCUT2D eigenvalue weighted by molar-refractivity contribution is -0.117. The molecule has 2 rings (SSSR count). The molecule has 1 heterocycles. The summed E-state index contributed by atoms with van der Waals surface area (Å²) in [4.78, 5) is 11.9. The molecular formula is C17H26N2O2. The number of rotatable bonds is 6. The largest absolute Gasteiger partial charge is 0.378 e. The third kappa shape index (κ3) is 5.48. The van der Waals surface area contributed by atoms with E-state index in [2.05, 4.69) is 30.5 Å². The molecule has 0 aliphatic carbocycles. The SMILES string of the molecule is CC(C)c1cccc(NC(=O)CCOC2CCNCC2)c1. The van der Waals surface area contributed by atoms with Crippen molar-refractivity contribution in [2.75, 3.05) is 25.0 Å². The Morgan fingerprint density at radius 1 is 1.38 bits per heavy atom. The Morgan fingerprint density at radius 3 is 2.86 bits per heavy atom. The zero-order valence-electron chi connectivity index (χ0n) is 13.0. The quantitative estimate of drug-likeness (QED) is 0.847. The molecule has 0 unspecified atom stereocenters. The van der Waals surface area contributed by atoms with Crippen LogP contribution in [0.5, 0.6) is 0 Å². The van der Waals surface area contributed by atoms with Gasteiger partial charge in [-0.25, -0.2) is 0 Å². The van der Waals surface area contributed by atoms with Crippen LogP contribution in [-0.4, -0.2) is 31.7 Å². The second-order valence-electron chi connectivity index (χ2n) is 5.90. The predicted octanol–water partition coefficient (Wildman–Crippen LogP) is 2.91. The fourth-order valence-corrected chi connectivity index (χ4v) is 2.48. The van der Waals surface area contributed by atoms with Crippen LogP contribution in [-0.2, 0) is 9.53 Å². The molecule has 116 valence electrons. The standard InChI is InChI=1S/C17H26N2O2/c1-13(2)14-4-3-5-15(12-14)19-17(20)8-11-21-16-6-9-18-10-7-16/h3-5,12-13,16,18H,6-11H2,1-2H3,(H,19,20). The van der Waals surface area contributed by atoms with Crippen LogP contribution in [0.4, 0.5) is 5.69 Å². The van der Waals surface area contributed by atoms with Gasteiger partial charge >= 0.3 is 0 Å². The minimum Gasteiger partial charge on any atom is -0.378 e. The summed E-state index contributed by atoms with van der Waals surface area (Å²) in [6.07, 6.45) is 2.80. The molecule has 2 N–H and O–H groups in total. The molecule has 21 heavy (non-hydrogen) atoms. The van der Waals surface area contributed by atoms with E-state index < -0.39 is 0 Å². The Bertz CT molecular complexity index is 454. The molecule has 0 atom stereocenters. The number of amides is 1. The molecule has 0 radical (unpaired) electrons. The Morgan fingerprint density at radius 2 is 2.14 bits per heavy atom. The van der Waals surface area contributed by atoms with Gasteiger partial charge in [0.25, 0.3) is 0 Å². The average Bonchev–Trinajstić information content (AvgIpc) is 2.48. The highest BCUT2D eigenvalue weighted by Crippen LogP contribution is 2.18. The molecule has 1 saturated heterocycles. The molecule has 0 spiro atoms. The fourth-order valence-electron chi connectivity index (χ4n) is 2.48. The van der Waals surface area contributed by atoms with Gasteiger partial charge in [-0.1, -0.05) is 26.0 Å². The van der Waals surface area contributed by atoms with Crippen molar-refractivity contribution in [3.05, 3.63) is 29.8 Å². The average molecular weight is 290 g/mol. The molecule has 1 aromatic carbocycles. The third-order valence-electron chi connectivity index (χ3n) is 3.81. The third-order valence-corrected chi connectivity index (χ3v) is 3.81. The minimum atomic E-state index is 0.0184. The molecule has 4 nitrogen and oxygen atoms in total. The highest BCUT2D eigenvalue weighted by molar-refractivity contribution is 5.90. The van der Waals surface area contributed by atoms with Gasteiger partial charge in [-0.05, 0) is 49.5 Å². The highest BCUT2D eigenvalue weighted by atomic mass is 16.5. The molecule has 0 aromatic heterocycles. The summed E-state index contributed by atoms with van der Waals surface area (Å²) in [5.74, 6) is 0.481. The summed E-state index contributed by atoms with van der Waals surface area (Å²) < 4.78 is 5.75. The van der Waals surface area contributed by atoms with Crippen LogP contribution >= 0.6 is 0 Å². The minimum absolute atomic E-state index is 0.0184. The van der Waals surface area contributed by atoms with Crippen LogP contribution in [0.1, 0.15) is 44.6 Å². The van der Waals surface area contributed by atoms with Gasteiger partial charge in [0.15, 0.2) is 0 Å². The van der Waals surface area contributed by atoms with E-state index in [0.717, 1.165) is 31.6 Å². The van der Waals surface area contributed by atoms with Gasteiger partial charge in [0.05, 0.1) is 19.1 Å². The predicted molar refractivity (Wildman–Crippen MR) is 85.6 cm³/mol. The van der Waals surface area contributed by atoms with Crippen LogP contribution in [0.25, 0.3) is 0 Å². The number of piperidine rings is 1. The molecule has 4 heteroatoms. The lowest BCUT2D eigenvalue weighted by Gasteiger charge is -2.22. The summed E-state index contributed by atoms with van der Waals surface area (Å²) in [7, 11) is 0. The van der Waals surface area contributed by atoms with Crippen molar-refractivity contribution in [2.24, 2.45) is 0 Å². The Balaban J connectivity index is 1.72. The lowest BCUT2D eigenvalue weighted by Crippen LogP contribution is -2.33.